The summed E-state index contributed by atoms with van der Waals surface area (Å²) in [5, 5.41) is 0.720. The Morgan fingerprint density at radius 2 is 1.79 bits per heavy atom. The Morgan fingerprint density at radius 3 is 2.50 bits per heavy atom. The number of hydrogen-bond donors (Lipinski definition) is 0. The molecule has 0 aliphatic rings. The lowest BCUT2D eigenvalue weighted by atomic mass is 10.1. The monoisotopic (exact) mass is 267 g/mol. The molecular formula is C11H7BrClN. The Bertz CT molecular complexity index is 457. The highest BCUT2D eigenvalue weighted by atomic mass is 79.9. The Hall–Kier alpha value is -0.860. The molecule has 0 bridgehead atoms. The van der Waals surface area contributed by atoms with Gasteiger partial charge in [0.1, 0.15) is 4.60 Å². The molecule has 1 aromatic heterocycles. The van der Waals surface area contributed by atoms with E-state index in [1.165, 1.54) is 0 Å². The largest absolute Gasteiger partial charge is 0.241 e. The van der Waals surface area contributed by atoms with Crippen molar-refractivity contribution in [2.45, 2.75) is 0 Å². The number of benzene rings is 1. The highest BCUT2D eigenvalue weighted by Crippen LogP contribution is 2.26. The molecule has 1 heterocycles. The van der Waals surface area contributed by atoms with E-state index in [1.54, 1.807) is 0 Å². The first-order chi connectivity index (χ1) is 6.77. The Kier molecular flexibility index (Phi) is 2.85. The molecular weight excluding hydrogens is 261 g/mol. The van der Waals surface area contributed by atoms with Crippen molar-refractivity contribution in [2.75, 3.05) is 0 Å². The average molecular weight is 269 g/mol. The predicted molar refractivity (Wildman–Crippen MR) is 62.4 cm³/mol. The summed E-state index contributed by atoms with van der Waals surface area (Å²) in [7, 11) is 0. The maximum absolute atomic E-state index is 6.06. The number of rotatable bonds is 1. The van der Waals surface area contributed by atoms with Crippen LogP contribution in [0.15, 0.2) is 47.1 Å². The van der Waals surface area contributed by atoms with E-state index < -0.39 is 0 Å². The van der Waals surface area contributed by atoms with E-state index >= 15 is 0 Å². The highest BCUT2D eigenvalue weighted by molar-refractivity contribution is 9.10. The van der Waals surface area contributed by atoms with Crippen molar-refractivity contribution >= 4 is 27.5 Å². The minimum absolute atomic E-state index is 0.720. The van der Waals surface area contributed by atoms with Crippen molar-refractivity contribution in [3.63, 3.8) is 0 Å². The average Bonchev–Trinajstić information content (AvgIpc) is 2.18. The third kappa shape index (κ3) is 1.97. The van der Waals surface area contributed by atoms with Gasteiger partial charge < -0.3 is 0 Å². The van der Waals surface area contributed by atoms with Gasteiger partial charge in [-0.3, -0.25) is 0 Å². The van der Waals surface area contributed by atoms with Gasteiger partial charge in [0.15, 0.2) is 0 Å². The van der Waals surface area contributed by atoms with Gasteiger partial charge in [0.2, 0.25) is 0 Å². The van der Waals surface area contributed by atoms with Crippen LogP contribution in [0, 0.1) is 0 Å². The summed E-state index contributed by atoms with van der Waals surface area (Å²) in [5.41, 5.74) is 1.83. The van der Waals surface area contributed by atoms with Gasteiger partial charge in [0.25, 0.3) is 0 Å². The topological polar surface area (TPSA) is 12.9 Å². The van der Waals surface area contributed by atoms with Gasteiger partial charge in [-0.2, -0.15) is 0 Å². The zero-order valence-electron chi connectivity index (χ0n) is 7.24. The molecule has 0 unspecified atom stereocenters. The highest BCUT2D eigenvalue weighted by Gasteiger charge is 2.03. The lowest BCUT2D eigenvalue weighted by Crippen LogP contribution is -1.84. The molecule has 0 N–H and O–H groups in total. The Labute approximate surface area is 95.9 Å². The van der Waals surface area contributed by atoms with E-state index in [2.05, 4.69) is 20.9 Å². The molecule has 3 heteroatoms. The number of aromatic nitrogens is 1. The van der Waals surface area contributed by atoms with E-state index in [9.17, 15) is 0 Å². The molecule has 2 rings (SSSR count). The van der Waals surface area contributed by atoms with Gasteiger partial charge >= 0.3 is 0 Å². The van der Waals surface area contributed by atoms with Crippen molar-refractivity contribution < 1.29 is 0 Å². The first-order valence-electron chi connectivity index (χ1n) is 4.15. The first kappa shape index (κ1) is 9.69. The molecule has 0 aliphatic heterocycles. The van der Waals surface area contributed by atoms with Crippen molar-refractivity contribution in [1.29, 1.82) is 0 Å². The van der Waals surface area contributed by atoms with E-state index in [-0.39, 0.29) is 0 Å². The van der Waals surface area contributed by atoms with Crippen molar-refractivity contribution in [3.8, 4) is 11.3 Å². The van der Waals surface area contributed by atoms with E-state index in [0.29, 0.717) is 0 Å². The van der Waals surface area contributed by atoms with E-state index in [0.717, 1.165) is 20.9 Å². The van der Waals surface area contributed by atoms with E-state index in [1.807, 2.05) is 42.5 Å². The SMILES string of the molecule is Clc1ccccc1-c1cccc(Br)n1. The van der Waals surface area contributed by atoms with Crippen LogP contribution in [0.5, 0.6) is 0 Å². The standard InChI is InChI=1S/C11H7BrClN/c12-11-7-3-6-10(14-11)8-4-1-2-5-9(8)13/h1-7H. The second-order valence-electron chi connectivity index (χ2n) is 2.83. The van der Waals surface area contributed by atoms with Crippen LogP contribution < -0.4 is 0 Å². The van der Waals surface area contributed by atoms with Gasteiger partial charge in [-0.15, -0.1) is 0 Å². The fourth-order valence-electron chi connectivity index (χ4n) is 1.23. The predicted octanol–water partition coefficient (Wildman–Crippen LogP) is 4.16. The van der Waals surface area contributed by atoms with Gasteiger partial charge in [-0.25, -0.2) is 4.98 Å². The van der Waals surface area contributed by atoms with Gasteiger partial charge in [-0.1, -0.05) is 35.9 Å². The summed E-state index contributed by atoms with van der Waals surface area (Å²) < 4.78 is 0.815. The number of hydrogen-bond acceptors (Lipinski definition) is 1. The molecule has 0 saturated carbocycles. The van der Waals surface area contributed by atoms with Crippen LogP contribution in [0.4, 0.5) is 0 Å². The smallest absolute Gasteiger partial charge is 0.106 e. The normalized spacial score (nSPS) is 10.1. The second kappa shape index (κ2) is 4.11. The lowest BCUT2D eigenvalue weighted by molar-refractivity contribution is 1.28. The zero-order valence-corrected chi connectivity index (χ0v) is 9.59. The molecule has 0 radical (unpaired) electrons. The summed E-state index contributed by atoms with van der Waals surface area (Å²) in [5.74, 6) is 0. The molecule has 70 valence electrons. The third-order valence-corrected chi connectivity index (χ3v) is 2.64. The summed E-state index contributed by atoms with van der Waals surface area (Å²) in [4.78, 5) is 4.34. The maximum Gasteiger partial charge on any atom is 0.106 e. The summed E-state index contributed by atoms with van der Waals surface area (Å²) >= 11 is 9.39. The van der Waals surface area contributed by atoms with Crippen LogP contribution >= 0.6 is 27.5 Å². The molecule has 0 saturated heterocycles. The van der Waals surface area contributed by atoms with Crippen LogP contribution in [-0.2, 0) is 0 Å². The Balaban J connectivity index is 2.55. The minimum Gasteiger partial charge on any atom is -0.241 e. The summed E-state index contributed by atoms with van der Waals surface area (Å²) in [6.07, 6.45) is 0. The van der Waals surface area contributed by atoms with Crippen LogP contribution in [0.2, 0.25) is 5.02 Å². The van der Waals surface area contributed by atoms with Crippen molar-refractivity contribution in [3.05, 3.63) is 52.1 Å². The van der Waals surface area contributed by atoms with E-state index in [4.69, 9.17) is 11.6 Å². The Morgan fingerprint density at radius 1 is 1.00 bits per heavy atom. The van der Waals surface area contributed by atoms with Crippen LogP contribution in [0.1, 0.15) is 0 Å². The van der Waals surface area contributed by atoms with Crippen LogP contribution in [0.3, 0.4) is 0 Å². The molecule has 0 aliphatic carbocycles. The van der Waals surface area contributed by atoms with Crippen LogP contribution in [0.25, 0.3) is 11.3 Å². The molecule has 0 amide bonds. The molecule has 1 aromatic carbocycles. The van der Waals surface area contributed by atoms with Crippen molar-refractivity contribution in [2.24, 2.45) is 0 Å². The van der Waals surface area contributed by atoms with Gasteiger partial charge in [-0.05, 0) is 34.1 Å². The fraction of sp³-hybridized carbons (Fsp3) is 0. The first-order valence-corrected chi connectivity index (χ1v) is 5.32. The molecule has 14 heavy (non-hydrogen) atoms. The molecule has 1 nitrogen and oxygen atoms in total. The zero-order chi connectivity index (χ0) is 9.97. The molecule has 0 fully saturated rings. The van der Waals surface area contributed by atoms with Crippen LogP contribution in [-0.4, -0.2) is 4.98 Å². The summed E-state index contributed by atoms with van der Waals surface area (Å²) in [6.45, 7) is 0. The van der Waals surface area contributed by atoms with Crippen molar-refractivity contribution in [1.82, 2.24) is 4.98 Å². The molecule has 0 atom stereocenters. The number of halogens is 2. The van der Waals surface area contributed by atoms with Gasteiger partial charge in [0.05, 0.1) is 5.69 Å². The summed E-state index contributed by atoms with van der Waals surface area (Å²) in [6, 6.07) is 13.4. The maximum atomic E-state index is 6.06. The number of pyridine rings is 1. The lowest BCUT2D eigenvalue weighted by Gasteiger charge is -2.02. The quantitative estimate of drug-likeness (QED) is 0.708. The second-order valence-corrected chi connectivity index (χ2v) is 4.05. The number of nitrogens with zero attached hydrogens (tertiary/aromatic N) is 1. The van der Waals surface area contributed by atoms with Gasteiger partial charge in [0, 0.05) is 10.6 Å². The third-order valence-electron chi connectivity index (χ3n) is 1.86. The molecule has 0 spiro atoms. The fourth-order valence-corrected chi connectivity index (χ4v) is 1.80. The minimum atomic E-state index is 0.720. The molecule has 2 aromatic rings.